The Balaban J connectivity index is 2.30. The summed E-state index contributed by atoms with van der Waals surface area (Å²) >= 11 is 1.72. The van der Waals surface area contributed by atoms with Gasteiger partial charge < -0.3 is 5.73 Å². The molecule has 0 aliphatic rings. The average molecular weight is 213 g/mol. The van der Waals surface area contributed by atoms with Gasteiger partial charge in [-0.25, -0.2) is 0 Å². The van der Waals surface area contributed by atoms with Gasteiger partial charge in [-0.15, -0.1) is 11.3 Å². The molecule has 0 saturated carbocycles. The van der Waals surface area contributed by atoms with Gasteiger partial charge in [-0.05, 0) is 36.6 Å². The van der Waals surface area contributed by atoms with Crippen molar-refractivity contribution in [2.45, 2.75) is 6.92 Å². The van der Waals surface area contributed by atoms with Gasteiger partial charge in [-0.3, -0.25) is 0 Å². The zero-order chi connectivity index (χ0) is 10.7. The summed E-state index contributed by atoms with van der Waals surface area (Å²) in [6, 6.07) is 9.67. The predicted octanol–water partition coefficient (Wildman–Crippen LogP) is 3.04. The number of benzene rings is 1. The third kappa shape index (κ3) is 2.39. The van der Waals surface area contributed by atoms with E-state index in [1.807, 2.05) is 30.3 Å². The molecule has 1 aromatic heterocycles. The van der Waals surface area contributed by atoms with Crippen LogP contribution in [0.25, 0.3) is 0 Å². The van der Waals surface area contributed by atoms with Crippen molar-refractivity contribution in [3.05, 3.63) is 51.7 Å². The molecule has 74 valence electrons. The largest absolute Gasteiger partial charge is 0.399 e. The summed E-state index contributed by atoms with van der Waals surface area (Å²) in [5.74, 6) is 6.25. The Morgan fingerprint density at radius 2 is 2.07 bits per heavy atom. The van der Waals surface area contributed by atoms with Crippen molar-refractivity contribution in [1.29, 1.82) is 0 Å². The van der Waals surface area contributed by atoms with Crippen LogP contribution in [0.5, 0.6) is 0 Å². The third-order valence-electron chi connectivity index (χ3n) is 2.09. The molecular formula is C13H11NS. The molecule has 1 aromatic carbocycles. The molecule has 2 rings (SSSR count). The summed E-state index contributed by atoms with van der Waals surface area (Å²) in [6.45, 7) is 2.08. The Morgan fingerprint density at radius 3 is 2.73 bits per heavy atom. The Labute approximate surface area is 93.6 Å². The fourth-order valence-corrected chi connectivity index (χ4v) is 1.92. The van der Waals surface area contributed by atoms with Crippen LogP contribution in [0.3, 0.4) is 0 Å². The average Bonchev–Trinajstić information content (AvgIpc) is 2.61. The zero-order valence-electron chi connectivity index (χ0n) is 8.45. The van der Waals surface area contributed by atoms with E-state index in [-0.39, 0.29) is 0 Å². The highest BCUT2D eigenvalue weighted by Gasteiger charge is 1.93. The van der Waals surface area contributed by atoms with E-state index in [9.17, 15) is 0 Å². The van der Waals surface area contributed by atoms with Crippen LogP contribution in [0.4, 0.5) is 5.69 Å². The van der Waals surface area contributed by atoms with Gasteiger partial charge >= 0.3 is 0 Å². The molecule has 0 bridgehead atoms. The number of hydrogen-bond acceptors (Lipinski definition) is 2. The molecule has 0 amide bonds. The minimum Gasteiger partial charge on any atom is -0.399 e. The van der Waals surface area contributed by atoms with Crippen molar-refractivity contribution in [1.82, 2.24) is 0 Å². The molecule has 0 saturated heterocycles. The lowest BCUT2D eigenvalue weighted by atomic mass is 10.2. The molecule has 1 heterocycles. The number of thiophene rings is 1. The van der Waals surface area contributed by atoms with Crippen molar-refractivity contribution in [2.24, 2.45) is 0 Å². The number of aryl methyl sites for hydroxylation is 1. The second-order valence-electron chi connectivity index (χ2n) is 3.27. The molecule has 0 spiro atoms. The van der Waals surface area contributed by atoms with E-state index in [0.29, 0.717) is 0 Å². The molecule has 0 aliphatic carbocycles. The summed E-state index contributed by atoms with van der Waals surface area (Å²) < 4.78 is 0. The third-order valence-corrected chi connectivity index (χ3v) is 2.93. The summed E-state index contributed by atoms with van der Waals surface area (Å²) in [7, 11) is 0. The fraction of sp³-hybridized carbons (Fsp3) is 0.0769. The summed E-state index contributed by atoms with van der Waals surface area (Å²) in [6.07, 6.45) is 0. The van der Waals surface area contributed by atoms with E-state index < -0.39 is 0 Å². The Bertz CT molecular complexity index is 529. The summed E-state index contributed by atoms with van der Waals surface area (Å²) in [5.41, 5.74) is 8.48. The monoisotopic (exact) mass is 213 g/mol. The standard InChI is InChI=1S/C13H11NS/c1-10-12(7-8-15-10)6-5-11-3-2-4-13(14)9-11/h2-4,7-9H,14H2,1H3. The lowest BCUT2D eigenvalue weighted by Gasteiger charge is -1.92. The molecule has 2 aromatic rings. The number of rotatable bonds is 0. The van der Waals surface area contributed by atoms with Crippen LogP contribution in [0.15, 0.2) is 35.7 Å². The smallest absolute Gasteiger partial charge is 0.0385 e. The van der Waals surface area contributed by atoms with Crippen LogP contribution >= 0.6 is 11.3 Å². The minimum atomic E-state index is 0.754. The molecule has 2 heteroatoms. The number of hydrogen-bond donors (Lipinski definition) is 1. The molecule has 1 nitrogen and oxygen atoms in total. The highest BCUT2D eigenvalue weighted by Crippen LogP contribution is 2.13. The highest BCUT2D eigenvalue weighted by atomic mass is 32.1. The molecule has 0 radical (unpaired) electrons. The maximum Gasteiger partial charge on any atom is 0.0385 e. The lowest BCUT2D eigenvalue weighted by molar-refractivity contribution is 1.58. The number of nitrogens with two attached hydrogens (primary N) is 1. The first-order valence-corrected chi connectivity index (χ1v) is 5.55. The predicted molar refractivity (Wildman–Crippen MR) is 65.9 cm³/mol. The van der Waals surface area contributed by atoms with E-state index in [4.69, 9.17) is 5.73 Å². The van der Waals surface area contributed by atoms with E-state index in [1.54, 1.807) is 11.3 Å². The molecule has 0 fully saturated rings. The first-order valence-electron chi connectivity index (χ1n) is 4.67. The number of anilines is 1. The second-order valence-corrected chi connectivity index (χ2v) is 4.39. The van der Waals surface area contributed by atoms with Crippen LogP contribution in [-0.4, -0.2) is 0 Å². The van der Waals surface area contributed by atoms with E-state index >= 15 is 0 Å². The Morgan fingerprint density at radius 1 is 1.20 bits per heavy atom. The molecule has 2 N–H and O–H groups in total. The first kappa shape index (κ1) is 9.82. The van der Waals surface area contributed by atoms with Crippen molar-refractivity contribution in [2.75, 3.05) is 5.73 Å². The van der Waals surface area contributed by atoms with Gasteiger partial charge in [0.2, 0.25) is 0 Å². The van der Waals surface area contributed by atoms with Crippen molar-refractivity contribution in [3.8, 4) is 11.8 Å². The quantitative estimate of drug-likeness (QED) is 0.528. The van der Waals surface area contributed by atoms with Gasteiger partial charge in [0.15, 0.2) is 0 Å². The van der Waals surface area contributed by atoms with Crippen LogP contribution in [0, 0.1) is 18.8 Å². The number of nitrogen functional groups attached to an aromatic ring is 1. The van der Waals surface area contributed by atoms with Crippen molar-refractivity contribution in [3.63, 3.8) is 0 Å². The zero-order valence-corrected chi connectivity index (χ0v) is 9.27. The summed E-state index contributed by atoms with van der Waals surface area (Å²) in [5, 5.41) is 2.05. The van der Waals surface area contributed by atoms with Gasteiger partial charge in [0.05, 0.1) is 0 Å². The maximum atomic E-state index is 5.67. The SMILES string of the molecule is Cc1sccc1C#Cc1cccc(N)c1. The van der Waals surface area contributed by atoms with Crippen LogP contribution in [0.2, 0.25) is 0 Å². The Kier molecular flexibility index (Phi) is 2.75. The topological polar surface area (TPSA) is 26.0 Å². The van der Waals surface area contributed by atoms with Crippen LogP contribution < -0.4 is 5.73 Å². The van der Waals surface area contributed by atoms with E-state index in [2.05, 4.69) is 24.1 Å². The minimum absolute atomic E-state index is 0.754. The molecule has 0 unspecified atom stereocenters. The van der Waals surface area contributed by atoms with E-state index in [1.165, 1.54) is 4.88 Å². The highest BCUT2D eigenvalue weighted by molar-refractivity contribution is 7.10. The Hall–Kier alpha value is -1.72. The second kappa shape index (κ2) is 4.20. The lowest BCUT2D eigenvalue weighted by Crippen LogP contribution is -1.84. The van der Waals surface area contributed by atoms with Crippen molar-refractivity contribution < 1.29 is 0 Å². The van der Waals surface area contributed by atoms with Gasteiger partial charge in [0, 0.05) is 21.7 Å². The fourth-order valence-electron chi connectivity index (χ4n) is 1.27. The molecule has 15 heavy (non-hydrogen) atoms. The van der Waals surface area contributed by atoms with Gasteiger partial charge in [-0.2, -0.15) is 0 Å². The maximum absolute atomic E-state index is 5.67. The van der Waals surface area contributed by atoms with Crippen LogP contribution in [-0.2, 0) is 0 Å². The van der Waals surface area contributed by atoms with Crippen LogP contribution in [0.1, 0.15) is 16.0 Å². The molecule has 0 aliphatic heterocycles. The van der Waals surface area contributed by atoms with Gasteiger partial charge in [0.1, 0.15) is 0 Å². The summed E-state index contributed by atoms with van der Waals surface area (Å²) in [4.78, 5) is 1.26. The normalized spacial score (nSPS) is 9.40. The van der Waals surface area contributed by atoms with E-state index in [0.717, 1.165) is 16.8 Å². The van der Waals surface area contributed by atoms with Crippen molar-refractivity contribution >= 4 is 17.0 Å². The molecule has 0 atom stereocenters. The first-order chi connectivity index (χ1) is 7.25. The van der Waals surface area contributed by atoms with Gasteiger partial charge in [0.25, 0.3) is 0 Å². The molecular weight excluding hydrogens is 202 g/mol. The van der Waals surface area contributed by atoms with Gasteiger partial charge in [-0.1, -0.05) is 17.9 Å².